The lowest BCUT2D eigenvalue weighted by molar-refractivity contribution is 0.121. The molecular formula is C8H8Br2ClF2NO2S2. The second-order valence-corrected chi connectivity index (χ2v) is 8.87. The van der Waals surface area contributed by atoms with E-state index in [9.17, 15) is 17.2 Å². The van der Waals surface area contributed by atoms with Gasteiger partial charge in [-0.1, -0.05) is 27.5 Å². The summed E-state index contributed by atoms with van der Waals surface area (Å²) in [6, 6.07) is 1.25. The van der Waals surface area contributed by atoms with Crippen LogP contribution in [0.3, 0.4) is 0 Å². The Morgan fingerprint density at radius 2 is 2.11 bits per heavy atom. The molecule has 0 saturated carbocycles. The van der Waals surface area contributed by atoms with Crippen molar-refractivity contribution in [3.05, 3.63) is 14.9 Å². The number of halogens is 5. The van der Waals surface area contributed by atoms with Crippen LogP contribution >= 0.6 is 54.8 Å². The van der Waals surface area contributed by atoms with E-state index in [1.54, 1.807) is 0 Å². The van der Waals surface area contributed by atoms with Crippen LogP contribution in [-0.4, -0.2) is 37.6 Å². The normalized spacial score (nSPS) is 12.6. The molecule has 0 aromatic carbocycles. The molecule has 1 heterocycles. The molecule has 0 aliphatic rings. The first-order valence-electron chi connectivity index (χ1n) is 4.58. The summed E-state index contributed by atoms with van der Waals surface area (Å²) in [5, 5.41) is 0.522. The molecule has 1 aromatic heterocycles. The van der Waals surface area contributed by atoms with E-state index in [2.05, 4.69) is 31.9 Å². The van der Waals surface area contributed by atoms with E-state index in [4.69, 9.17) is 11.6 Å². The fourth-order valence-corrected chi connectivity index (χ4v) is 5.77. The van der Waals surface area contributed by atoms with Crippen LogP contribution in [0.1, 0.15) is 0 Å². The van der Waals surface area contributed by atoms with Gasteiger partial charge in [0.25, 0.3) is 16.4 Å². The van der Waals surface area contributed by atoms with Crippen LogP contribution in [0.25, 0.3) is 0 Å². The molecule has 18 heavy (non-hydrogen) atoms. The van der Waals surface area contributed by atoms with Gasteiger partial charge >= 0.3 is 0 Å². The highest BCUT2D eigenvalue weighted by Gasteiger charge is 2.29. The van der Waals surface area contributed by atoms with Crippen LogP contribution < -0.4 is 0 Å². The van der Waals surface area contributed by atoms with Crippen molar-refractivity contribution < 1.29 is 17.2 Å². The lowest BCUT2D eigenvalue weighted by atomic mass is 10.6. The van der Waals surface area contributed by atoms with Crippen LogP contribution in [0, 0.1) is 0 Å². The van der Waals surface area contributed by atoms with Gasteiger partial charge in [-0.05, 0) is 22.0 Å². The fourth-order valence-electron chi connectivity index (χ4n) is 1.14. The standard InChI is InChI=1S/C8H8Br2ClF2NO2S2/c9-1-2-14(4-6(12)13)18(15,16)7-3-5(11)8(10)17-7/h3,6H,1-2,4H2. The molecule has 0 unspecified atom stereocenters. The van der Waals surface area contributed by atoms with Crippen molar-refractivity contribution in [2.24, 2.45) is 0 Å². The summed E-state index contributed by atoms with van der Waals surface area (Å²) in [6.45, 7) is -0.860. The topological polar surface area (TPSA) is 37.4 Å². The molecule has 0 amide bonds. The molecule has 0 radical (unpaired) electrons. The van der Waals surface area contributed by atoms with E-state index in [-0.39, 0.29) is 21.1 Å². The Morgan fingerprint density at radius 1 is 1.50 bits per heavy atom. The number of thiophene rings is 1. The monoisotopic (exact) mass is 445 g/mol. The Hall–Kier alpha value is 0.720. The minimum Gasteiger partial charge on any atom is -0.209 e. The molecule has 0 N–H and O–H groups in total. The lowest BCUT2D eigenvalue weighted by Gasteiger charge is -2.19. The lowest BCUT2D eigenvalue weighted by Crippen LogP contribution is -2.36. The van der Waals surface area contributed by atoms with Gasteiger partial charge in [-0.25, -0.2) is 17.2 Å². The highest BCUT2D eigenvalue weighted by molar-refractivity contribution is 9.11. The minimum atomic E-state index is -3.93. The van der Waals surface area contributed by atoms with E-state index < -0.39 is 23.0 Å². The number of hydrogen-bond acceptors (Lipinski definition) is 3. The van der Waals surface area contributed by atoms with Gasteiger partial charge in [0.15, 0.2) is 0 Å². The maximum atomic E-state index is 12.4. The summed E-state index contributed by atoms with van der Waals surface area (Å²) >= 11 is 12.8. The zero-order valence-electron chi connectivity index (χ0n) is 8.75. The summed E-state index contributed by atoms with van der Waals surface area (Å²) in [5.41, 5.74) is 0. The molecule has 0 fully saturated rings. The van der Waals surface area contributed by atoms with Crippen LogP contribution in [0.2, 0.25) is 5.02 Å². The van der Waals surface area contributed by atoms with Crippen molar-refractivity contribution >= 4 is 64.8 Å². The van der Waals surface area contributed by atoms with Crippen molar-refractivity contribution in [1.82, 2.24) is 4.31 Å². The smallest absolute Gasteiger partial charge is 0.209 e. The highest BCUT2D eigenvalue weighted by Crippen LogP contribution is 2.36. The third-order valence-corrected chi connectivity index (χ3v) is 7.04. The molecule has 0 spiro atoms. The molecule has 0 bridgehead atoms. The first-order valence-corrected chi connectivity index (χ1v) is 9.13. The van der Waals surface area contributed by atoms with Gasteiger partial charge < -0.3 is 0 Å². The summed E-state index contributed by atoms with van der Waals surface area (Å²) in [6.07, 6.45) is -2.72. The third kappa shape index (κ3) is 4.11. The van der Waals surface area contributed by atoms with Crippen molar-refractivity contribution in [3.8, 4) is 0 Å². The molecule has 0 atom stereocenters. The van der Waals surface area contributed by atoms with Gasteiger partial charge in [0.05, 0.1) is 15.4 Å². The van der Waals surface area contributed by atoms with Gasteiger partial charge in [-0.2, -0.15) is 4.31 Å². The van der Waals surface area contributed by atoms with Gasteiger partial charge in [-0.3, -0.25) is 0 Å². The van der Waals surface area contributed by atoms with Crippen LogP contribution in [0.4, 0.5) is 8.78 Å². The first-order chi connectivity index (χ1) is 8.28. The zero-order valence-corrected chi connectivity index (χ0v) is 14.3. The molecule has 0 saturated heterocycles. The first kappa shape index (κ1) is 16.8. The number of sulfonamides is 1. The van der Waals surface area contributed by atoms with E-state index >= 15 is 0 Å². The van der Waals surface area contributed by atoms with E-state index in [1.165, 1.54) is 6.07 Å². The Kier molecular flexibility index (Phi) is 6.47. The van der Waals surface area contributed by atoms with Gasteiger partial charge in [0.1, 0.15) is 4.21 Å². The van der Waals surface area contributed by atoms with Crippen LogP contribution in [0.5, 0.6) is 0 Å². The molecule has 10 heteroatoms. The summed E-state index contributed by atoms with van der Waals surface area (Å²) in [5.74, 6) is 0. The minimum absolute atomic E-state index is 0.0280. The maximum Gasteiger partial charge on any atom is 0.252 e. The van der Waals surface area contributed by atoms with Gasteiger partial charge in [0.2, 0.25) is 0 Å². The summed E-state index contributed by atoms with van der Waals surface area (Å²) < 4.78 is 50.2. The maximum absolute atomic E-state index is 12.4. The second kappa shape index (κ2) is 6.94. The fraction of sp³-hybridized carbons (Fsp3) is 0.500. The number of rotatable bonds is 6. The van der Waals surface area contributed by atoms with E-state index in [0.29, 0.717) is 3.79 Å². The Labute approximate surface area is 129 Å². The molecular weight excluding hydrogens is 439 g/mol. The van der Waals surface area contributed by atoms with Gasteiger partial charge in [0, 0.05) is 11.9 Å². The quantitative estimate of drug-likeness (QED) is 0.622. The van der Waals surface area contributed by atoms with Crippen molar-refractivity contribution in [2.45, 2.75) is 10.6 Å². The third-order valence-electron chi connectivity index (χ3n) is 1.89. The Balaban J connectivity index is 3.08. The van der Waals surface area contributed by atoms with Gasteiger partial charge in [-0.15, -0.1) is 11.3 Å². The number of alkyl halides is 3. The second-order valence-electron chi connectivity index (χ2n) is 3.13. The van der Waals surface area contributed by atoms with Crippen LogP contribution in [-0.2, 0) is 10.0 Å². The Bertz CT molecular complexity index is 490. The molecule has 104 valence electrons. The molecule has 0 aliphatic heterocycles. The van der Waals surface area contributed by atoms with E-state index in [1.807, 2.05) is 0 Å². The van der Waals surface area contributed by atoms with Crippen molar-refractivity contribution in [2.75, 3.05) is 18.4 Å². The van der Waals surface area contributed by atoms with Crippen molar-refractivity contribution in [3.63, 3.8) is 0 Å². The zero-order chi connectivity index (χ0) is 13.9. The molecule has 3 nitrogen and oxygen atoms in total. The van der Waals surface area contributed by atoms with Crippen molar-refractivity contribution in [1.29, 1.82) is 0 Å². The number of nitrogens with zero attached hydrogens (tertiary/aromatic N) is 1. The Morgan fingerprint density at radius 3 is 2.50 bits per heavy atom. The molecule has 1 rings (SSSR count). The highest BCUT2D eigenvalue weighted by atomic mass is 79.9. The average molecular weight is 448 g/mol. The van der Waals surface area contributed by atoms with E-state index in [0.717, 1.165) is 15.6 Å². The predicted molar refractivity (Wildman–Crippen MR) is 75.6 cm³/mol. The largest absolute Gasteiger partial charge is 0.252 e. The van der Waals surface area contributed by atoms with Crippen LogP contribution in [0.15, 0.2) is 14.1 Å². The SMILES string of the molecule is O=S(=O)(c1cc(Cl)c(Br)s1)N(CCBr)CC(F)F. The summed E-state index contributed by atoms with van der Waals surface area (Å²) in [7, 11) is -3.93. The predicted octanol–water partition coefficient (Wildman–Crippen LogP) is 3.81. The molecule has 1 aromatic rings. The summed E-state index contributed by atoms with van der Waals surface area (Å²) in [4.78, 5) is 0. The number of hydrogen-bond donors (Lipinski definition) is 0. The molecule has 0 aliphatic carbocycles. The average Bonchev–Trinajstić information content (AvgIpc) is 2.59.